The van der Waals surface area contributed by atoms with Crippen LogP contribution in [0.5, 0.6) is 0 Å². The van der Waals surface area contributed by atoms with Crippen molar-refractivity contribution >= 4 is 33.4 Å². The van der Waals surface area contributed by atoms with Gasteiger partial charge in [0.1, 0.15) is 23.7 Å². The van der Waals surface area contributed by atoms with Crippen LogP contribution in [-0.4, -0.2) is 38.9 Å². The minimum absolute atomic E-state index is 0.0863. The van der Waals surface area contributed by atoms with Crippen molar-refractivity contribution in [3.63, 3.8) is 0 Å². The molecule has 0 radical (unpaired) electrons. The van der Waals surface area contributed by atoms with Gasteiger partial charge in [-0.2, -0.15) is 0 Å². The summed E-state index contributed by atoms with van der Waals surface area (Å²) in [5, 5.41) is 3.56. The third-order valence-corrected chi connectivity index (χ3v) is 6.91. The Morgan fingerprint density at radius 1 is 1.32 bits per heavy atom. The van der Waals surface area contributed by atoms with E-state index in [4.69, 9.17) is 4.42 Å². The van der Waals surface area contributed by atoms with Gasteiger partial charge in [0.25, 0.3) is 5.56 Å². The number of carbonyl (C=O) groups is 2. The van der Waals surface area contributed by atoms with Crippen molar-refractivity contribution in [1.29, 1.82) is 0 Å². The molecule has 31 heavy (non-hydrogen) atoms. The van der Waals surface area contributed by atoms with E-state index in [0.29, 0.717) is 16.0 Å². The topological polar surface area (TPSA) is 97.4 Å². The molecule has 0 aliphatic heterocycles. The second-order valence-electron chi connectivity index (χ2n) is 8.02. The number of carbonyl (C=O) groups excluding carboxylic acids is 2. The fourth-order valence-corrected chi connectivity index (χ4v) is 4.96. The highest BCUT2D eigenvalue weighted by molar-refractivity contribution is 7.18. The monoisotopic (exact) mass is 442 g/mol. The molecule has 3 aromatic heterocycles. The Hall–Kier alpha value is -2.94. The Morgan fingerprint density at radius 2 is 2.10 bits per heavy atom. The molecule has 2 amide bonds. The molecule has 0 saturated heterocycles. The molecule has 9 heteroatoms. The van der Waals surface area contributed by atoms with Gasteiger partial charge in [-0.1, -0.05) is 12.8 Å². The van der Waals surface area contributed by atoms with Crippen LogP contribution in [0.4, 0.5) is 0 Å². The van der Waals surface area contributed by atoms with Crippen LogP contribution in [0, 0.1) is 13.8 Å². The Kier molecular flexibility index (Phi) is 6.22. The van der Waals surface area contributed by atoms with E-state index < -0.39 is 0 Å². The summed E-state index contributed by atoms with van der Waals surface area (Å²) in [5.41, 5.74) is 0.649. The van der Waals surface area contributed by atoms with Gasteiger partial charge < -0.3 is 14.6 Å². The van der Waals surface area contributed by atoms with Gasteiger partial charge in [-0.15, -0.1) is 11.3 Å². The second-order valence-corrected chi connectivity index (χ2v) is 9.22. The van der Waals surface area contributed by atoms with Gasteiger partial charge in [0, 0.05) is 10.9 Å². The molecule has 1 N–H and O–H groups in total. The number of rotatable bonds is 7. The lowest BCUT2D eigenvalue weighted by atomic mass is 10.2. The van der Waals surface area contributed by atoms with Crippen LogP contribution in [0.2, 0.25) is 0 Å². The third kappa shape index (κ3) is 4.71. The molecule has 0 spiro atoms. The molecule has 1 fully saturated rings. The molecular formula is C22H26N4O4S. The molecule has 1 saturated carbocycles. The Bertz CT molecular complexity index is 1140. The molecule has 8 nitrogen and oxygen atoms in total. The van der Waals surface area contributed by atoms with Crippen LogP contribution in [0.25, 0.3) is 10.2 Å². The zero-order valence-electron chi connectivity index (χ0n) is 17.7. The highest BCUT2D eigenvalue weighted by atomic mass is 32.1. The fourth-order valence-electron chi connectivity index (χ4n) is 3.97. The summed E-state index contributed by atoms with van der Waals surface area (Å²) in [4.78, 5) is 46.1. The summed E-state index contributed by atoms with van der Waals surface area (Å²) in [6.07, 6.45) is 7.10. The van der Waals surface area contributed by atoms with Crippen molar-refractivity contribution in [2.24, 2.45) is 0 Å². The van der Waals surface area contributed by atoms with Crippen LogP contribution in [-0.2, 0) is 22.7 Å². The molecular weight excluding hydrogens is 416 g/mol. The summed E-state index contributed by atoms with van der Waals surface area (Å²) < 4.78 is 6.69. The average molecular weight is 443 g/mol. The molecule has 3 aromatic rings. The number of furan rings is 1. The molecule has 0 atom stereocenters. The smallest absolute Gasteiger partial charge is 0.262 e. The largest absolute Gasteiger partial charge is 0.467 e. The molecule has 164 valence electrons. The summed E-state index contributed by atoms with van der Waals surface area (Å²) in [7, 11) is 0. The van der Waals surface area contributed by atoms with E-state index in [0.717, 1.165) is 36.1 Å². The van der Waals surface area contributed by atoms with E-state index in [9.17, 15) is 14.4 Å². The number of hydrogen-bond donors (Lipinski definition) is 1. The molecule has 0 aromatic carbocycles. The van der Waals surface area contributed by atoms with Gasteiger partial charge in [0.15, 0.2) is 0 Å². The van der Waals surface area contributed by atoms with E-state index in [1.807, 2.05) is 13.8 Å². The Labute approximate surface area is 183 Å². The number of aromatic nitrogens is 2. The predicted octanol–water partition coefficient (Wildman–Crippen LogP) is 2.76. The van der Waals surface area contributed by atoms with Gasteiger partial charge in [-0.25, -0.2) is 4.98 Å². The Morgan fingerprint density at radius 3 is 2.81 bits per heavy atom. The van der Waals surface area contributed by atoms with Crippen molar-refractivity contribution in [3.8, 4) is 0 Å². The molecule has 0 bridgehead atoms. The number of nitrogens with one attached hydrogen (secondary N) is 1. The zero-order valence-corrected chi connectivity index (χ0v) is 18.5. The van der Waals surface area contributed by atoms with Crippen LogP contribution >= 0.6 is 11.3 Å². The quantitative estimate of drug-likeness (QED) is 0.607. The van der Waals surface area contributed by atoms with Gasteiger partial charge in [0.05, 0.1) is 24.5 Å². The molecule has 1 aliphatic rings. The zero-order chi connectivity index (χ0) is 22.0. The number of aryl methyl sites for hydroxylation is 2. The average Bonchev–Trinajstić information content (AvgIpc) is 3.47. The van der Waals surface area contributed by atoms with Crippen LogP contribution in [0.15, 0.2) is 33.9 Å². The normalized spacial score (nSPS) is 14.3. The highest BCUT2D eigenvalue weighted by Crippen LogP contribution is 2.25. The first-order chi connectivity index (χ1) is 14.9. The maximum Gasteiger partial charge on any atom is 0.262 e. The van der Waals surface area contributed by atoms with E-state index in [1.54, 1.807) is 12.1 Å². The first kappa shape index (κ1) is 21.3. The lowest BCUT2D eigenvalue weighted by Gasteiger charge is -2.23. The number of amides is 2. The van der Waals surface area contributed by atoms with Crippen molar-refractivity contribution in [1.82, 2.24) is 19.8 Å². The number of hydrogen-bond acceptors (Lipinski definition) is 6. The summed E-state index contributed by atoms with van der Waals surface area (Å²) in [5.74, 6) is 0.0371. The summed E-state index contributed by atoms with van der Waals surface area (Å²) in [6.45, 7) is 3.72. The predicted molar refractivity (Wildman–Crippen MR) is 118 cm³/mol. The van der Waals surface area contributed by atoms with Gasteiger partial charge in [-0.3, -0.25) is 19.0 Å². The lowest BCUT2D eigenvalue weighted by molar-refractivity contribution is -0.137. The second kappa shape index (κ2) is 9.05. The number of fused-ring (bicyclic) bond motifs is 1. The lowest BCUT2D eigenvalue weighted by Crippen LogP contribution is -2.44. The van der Waals surface area contributed by atoms with Crippen molar-refractivity contribution < 1.29 is 14.0 Å². The minimum atomic E-state index is -0.342. The molecule has 4 rings (SSSR count). The van der Waals surface area contributed by atoms with E-state index in [2.05, 4.69) is 10.3 Å². The van der Waals surface area contributed by atoms with Crippen LogP contribution < -0.4 is 10.9 Å². The minimum Gasteiger partial charge on any atom is -0.467 e. The molecule has 3 heterocycles. The van der Waals surface area contributed by atoms with Gasteiger partial charge in [-0.05, 0) is 44.4 Å². The Balaban J connectivity index is 1.53. The van der Waals surface area contributed by atoms with Crippen molar-refractivity contribution in [2.45, 2.75) is 58.7 Å². The van der Waals surface area contributed by atoms with Crippen LogP contribution in [0.3, 0.4) is 0 Å². The third-order valence-electron chi connectivity index (χ3n) is 5.80. The van der Waals surface area contributed by atoms with E-state index in [1.165, 1.54) is 33.4 Å². The summed E-state index contributed by atoms with van der Waals surface area (Å²) in [6, 6.07) is 3.67. The van der Waals surface area contributed by atoms with E-state index in [-0.39, 0.29) is 43.0 Å². The molecule has 1 aliphatic carbocycles. The highest BCUT2D eigenvalue weighted by Gasteiger charge is 2.23. The van der Waals surface area contributed by atoms with Crippen molar-refractivity contribution in [2.75, 3.05) is 6.54 Å². The first-order valence-electron chi connectivity index (χ1n) is 10.5. The number of nitrogens with zero attached hydrogens (tertiary/aromatic N) is 3. The van der Waals surface area contributed by atoms with Crippen LogP contribution in [0.1, 0.15) is 41.9 Å². The summed E-state index contributed by atoms with van der Waals surface area (Å²) >= 11 is 1.47. The number of thiophene rings is 1. The standard InChI is InChI=1S/C22H26N4O4S/c1-14-15(2)31-21-20(14)22(29)26(13-23-21)12-19(28)25(10-17-8-5-9-30-17)11-18(27)24-16-6-3-4-7-16/h5,8-9,13,16H,3-4,6-7,10-12H2,1-2H3,(H,24,27). The van der Waals surface area contributed by atoms with Gasteiger partial charge >= 0.3 is 0 Å². The maximum absolute atomic E-state index is 13.1. The SMILES string of the molecule is Cc1sc2ncn(CC(=O)N(CC(=O)NC3CCCC3)Cc3ccco3)c(=O)c2c1C. The molecule has 0 unspecified atom stereocenters. The van der Waals surface area contributed by atoms with Gasteiger partial charge in [0.2, 0.25) is 11.8 Å². The maximum atomic E-state index is 13.1. The first-order valence-corrected chi connectivity index (χ1v) is 11.3. The van der Waals surface area contributed by atoms with E-state index >= 15 is 0 Å². The fraction of sp³-hybridized carbons (Fsp3) is 0.455. The van der Waals surface area contributed by atoms with Crippen molar-refractivity contribution in [3.05, 3.63) is 51.3 Å².